The first-order valence-corrected chi connectivity index (χ1v) is 20.5. The number of fused-ring (bicyclic) bond motifs is 1. The van der Waals surface area contributed by atoms with Crippen LogP contribution < -0.4 is 9.47 Å². The zero-order valence-electron chi connectivity index (χ0n) is 31.8. The largest absolute Gasteiger partial charge is 0.494 e. The molecule has 2 atom stereocenters. The molecular formula is C44H63F3O5. The van der Waals surface area contributed by atoms with E-state index in [0.29, 0.717) is 43.8 Å². The van der Waals surface area contributed by atoms with Crippen molar-refractivity contribution in [3.8, 4) is 11.5 Å². The second-order valence-corrected chi connectivity index (χ2v) is 15.3. The van der Waals surface area contributed by atoms with Gasteiger partial charge in [0.25, 0.3) is 0 Å². The molecule has 1 unspecified atom stereocenters. The molecule has 4 rings (SSSR count). The molecule has 2 aromatic rings. The van der Waals surface area contributed by atoms with Crippen LogP contribution in [0.4, 0.5) is 13.2 Å². The Labute approximate surface area is 310 Å². The minimum atomic E-state index is -4.57. The molecule has 2 aromatic carbocycles. The van der Waals surface area contributed by atoms with Crippen LogP contribution in [-0.2, 0) is 27.2 Å². The lowest BCUT2D eigenvalue weighted by Gasteiger charge is -2.28. The Hall–Kier alpha value is -3.03. The molecule has 0 heterocycles. The number of hydrogen-bond acceptors (Lipinski definition) is 5. The molecule has 52 heavy (non-hydrogen) atoms. The number of aryl methyl sites for hydroxylation is 1. The highest BCUT2D eigenvalue weighted by molar-refractivity contribution is 5.76. The first-order chi connectivity index (χ1) is 25.2. The Balaban J connectivity index is 1.14. The fraction of sp³-hybridized carbons (Fsp3) is 0.682. The van der Waals surface area contributed by atoms with Gasteiger partial charge in [-0.3, -0.25) is 9.59 Å². The molecule has 8 heteroatoms. The number of halogens is 3. The first-order valence-electron chi connectivity index (χ1n) is 20.5. The third kappa shape index (κ3) is 14.1. The van der Waals surface area contributed by atoms with E-state index in [-0.39, 0.29) is 18.3 Å². The van der Waals surface area contributed by atoms with Crippen molar-refractivity contribution in [3.63, 3.8) is 0 Å². The molecule has 0 aromatic heterocycles. The van der Waals surface area contributed by atoms with E-state index < -0.39 is 24.2 Å². The number of carbonyl (C=O) groups excluding carboxylic acids is 2. The lowest BCUT2D eigenvalue weighted by atomic mass is 9.79. The highest BCUT2D eigenvalue weighted by Gasteiger charge is 2.43. The van der Waals surface area contributed by atoms with Crippen LogP contribution in [0.5, 0.6) is 11.5 Å². The lowest BCUT2D eigenvalue weighted by Crippen LogP contribution is -2.37. The third-order valence-corrected chi connectivity index (χ3v) is 11.1. The lowest BCUT2D eigenvalue weighted by molar-refractivity contribution is -0.225. The smallest absolute Gasteiger partial charge is 0.425 e. The summed E-state index contributed by atoms with van der Waals surface area (Å²) in [6.45, 7) is 5.01. The summed E-state index contributed by atoms with van der Waals surface area (Å²) in [4.78, 5) is 25.9. The van der Waals surface area contributed by atoms with E-state index in [0.717, 1.165) is 68.4 Å². The van der Waals surface area contributed by atoms with Gasteiger partial charge in [-0.25, -0.2) is 0 Å². The summed E-state index contributed by atoms with van der Waals surface area (Å²) < 4.78 is 57.6. The van der Waals surface area contributed by atoms with E-state index in [9.17, 15) is 22.8 Å². The van der Waals surface area contributed by atoms with Crippen molar-refractivity contribution in [2.24, 2.45) is 11.8 Å². The van der Waals surface area contributed by atoms with Crippen molar-refractivity contribution in [2.45, 2.75) is 173 Å². The standard InChI is InChI=1S/C44H63F3O5/c1-3-5-7-9-10-11-12-13-14-16-30-50-39-27-24-34(25-28-39)33-18-20-35(21-19-33)42(48)51-40-29-26-36-31-38(23-22-37(36)32-40)43(49)52-41(44(45,46)47)17-15-8-6-4-2/h24-29,32-33,35,38,41H,3-23,30-31H2,1-2H3/t33?,35?,38?,41-/m1/s1. The van der Waals surface area contributed by atoms with E-state index in [4.69, 9.17) is 14.2 Å². The predicted molar refractivity (Wildman–Crippen MR) is 201 cm³/mol. The Kier molecular flexibility index (Phi) is 17.9. The number of carbonyl (C=O) groups is 2. The van der Waals surface area contributed by atoms with Crippen LogP contribution in [0.25, 0.3) is 0 Å². The summed E-state index contributed by atoms with van der Waals surface area (Å²) in [7, 11) is 0. The van der Waals surface area contributed by atoms with Crippen LogP contribution >= 0.6 is 0 Å². The molecule has 2 aliphatic carbocycles. The molecule has 0 aliphatic heterocycles. The van der Waals surface area contributed by atoms with Gasteiger partial charge in [-0.15, -0.1) is 0 Å². The zero-order chi connectivity index (χ0) is 37.2. The van der Waals surface area contributed by atoms with Gasteiger partial charge < -0.3 is 14.2 Å². The Morgan fingerprint density at radius 1 is 0.673 bits per heavy atom. The Morgan fingerprint density at radius 2 is 1.27 bits per heavy atom. The van der Waals surface area contributed by atoms with Crippen molar-refractivity contribution in [1.29, 1.82) is 0 Å². The Morgan fingerprint density at radius 3 is 1.90 bits per heavy atom. The predicted octanol–water partition coefficient (Wildman–Crippen LogP) is 12.4. The van der Waals surface area contributed by atoms with Gasteiger partial charge in [0.2, 0.25) is 0 Å². The second kappa shape index (κ2) is 22.2. The molecule has 0 bridgehead atoms. The van der Waals surface area contributed by atoms with Crippen LogP contribution in [0, 0.1) is 11.8 Å². The summed E-state index contributed by atoms with van der Waals surface area (Å²) >= 11 is 0. The summed E-state index contributed by atoms with van der Waals surface area (Å²) in [5.74, 6) is 0.0383. The van der Waals surface area contributed by atoms with Gasteiger partial charge in [0.15, 0.2) is 6.10 Å². The average Bonchev–Trinajstić information content (AvgIpc) is 3.14. The van der Waals surface area contributed by atoms with Gasteiger partial charge in [0.05, 0.1) is 18.4 Å². The van der Waals surface area contributed by atoms with E-state index in [1.807, 2.05) is 19.1 Å². The van der Waals surface area contributed by atoms with Gasteiger partial charge in [-0.05, 0) is 111 Å². The molecule has 1 saturated carbocycles. The van der Waals surface area contributed by atoms with Crippen LogP contribution in [0.3, 0.4) is 0 Å². The van der Waals surface area contributed by atoms with E-state index >= 15 is 0 Å². The van der Waals surface area contributed by atoms with Crippen molar-refractivity contribution in [2.75, 3.05) is 6.61 Å². The van der Waals surface area contributed by atoms with Crippen LogP contribution in [0.1, 0.15) is 165 Å². The van der Waals surface area contributed by atoms with E-state index in [1.165, 1.54) is 63.4 Å². The minimum absolute atomic E-state index is 0.154. The highest BCUT2D eigenvalue weighted by atomic mass is 19.4. The molecule has 290 valence electrons. The zero-order valence-corrected chi connectivity index (χ0v) is 31.8. The summed E-state index contributed by atoms with van der Waals surface area (Å²) in [6, 6.07) is 13.9. The van der Waals surface area contributed by atoms with Crippen LogP contribution in [0.2, 0.25) is 0 Å². The van der Waals surface area contributed by atoms with Gasteiger partial charge in [0, 0.05) is 0 Å². The van der Waals surface area contributed by atoms with Gasteiger partial charge in [-0.2, -0.15) is 13.2 Å². The highest BCUT2D eigenvalue weighted by Crippen LogP contribution is 2.38. The van der Waals surface area contributed by atoms with Crippen molar-refractivity contribution in [1.82, 2.24) is 0 Å². The van der Waals surface area contributed by atoms with Gasteiger partial charge in [0.1, 0.15) is 11.5 Å². The normalized spacial score (nSPS) is 19.4. The number of alkyl halides is 3. The maximum atomic E-state index is 13.6. The summed E-state index contributed by atoms with van der Waals surface area (Å²) in [5, 5.41) is 0. The fourth-order valence-corrected chi connectivity index (χ4v) is 7.76. The molecule has 0 amide bonds. The van der Waals surface area contributed by atoms with Gasteiger partial charge >= 0.3 is 18.1 Å². The number of unbranched alkanes of at least 4 members (excludes halogenated alkanes) is 12. The second-order valence-electron chi connectivity index (χ2n) is 15.3. The molecule has 5 nitrogen and oxygen atoms in total. The van der Waals surface area contributed by atoms with E-state index in [2.05, 4.69) is 31.2 Å². The number of rotatable bonds is 22. The minimum Gasteiger partial charge on any atom is -0.494 e. The number of hydrogen-bond donors (Lipinski definition) is 0. The molecule has 1 fully saturated rings. The first kappa shape index (κ1) is 41.7. The molecule has 0 saturated heterocycles. The molecule has 0 N–H and O–H groups in total. The maximum Gasteiger partial charge on any atom is 0.425 e. The quantitative estimate of drug-likeness (QED) is 0.0686. The topological polar surface area (TPSA) is 61.8 Å². The summed E-state index contributed by atoms with van der Waals surface area (Å²) in [5.41, 5.74) is 3.13. The number of benzene rings is 2. The van der Waals surface area contributed by atoms with Crippen molar-refractivity contribution >= 4 is 11.9 Å². The van der Waals surface area contributed by atoms with E-state index in [1.54, 1.807) is 6.07 Å². The number of esters is 2. The maximum absolute atomic E-state index is 13.6. The van der Waals surface area contributed by atoms with Crippen LogP contribution in [-0.4, -0.2) is 30.8 Å². The Bertz CT molecular complexity index is 1330. The summed E-state index contributed by atoms with van der Waals surface area (Å²) in [6.07, 6.45) is 13.8. The van der Waals surface area contributed by atoms with Crippen molar-refractivity contribution in [3.05, 3.63) is 59.2 Å². The molecule has 0 radical (unpaired) electrons. The fourth-order valence-electron chi connectivity index (χ4n) is 7.76. The third-order valence-electron chi connectivity index (χ3n) is 11.1. The monoisotopic (exact) mass is 728 g/mol. The van der Waals surface area contributed by atoms with Crippen molar-refractivity contribution < 1.29 is 37.0 Å². The van der Waals surface area contributed by atoms with Crippen LogP contribution in [0.15, 0.2) is 42.5 Å². The number of ether oxygens (including phenoxy) is 3. The molecule has 2 aliphatic rings. The average molecular weight is 729 g/mol. The van der Waals surface area contributed by atoms with Gasteiger partial charge in [-0.1, -0.05) is 109 Å². The SMILES string of the molecule is CCCCCCCCCCCCOc1ccc(C2CCC(C(=O)Oc3ccc4c(c3)CCC(C(=O)O[C@H](CCCCCC)C(F)(F)F)C4)CC2)cc1. The molecular weight excluding hydrogens is 665 g/mol. The molecule has 0 spiro atoms.